The number of hydrogen-bond donors (Lipinski definition) is 2. The van der Waals surface area contributed by atoms with Crippen LogP contribution in [0.3, 0.4) is 0 Å². The van der Waals surface area contributed by atoms with Crippen molar-refractivity contribution in [1.29, 1.82) is 0 Å². The fourth-order valence-electron chi connectivity index (χ4n) is 2.06. The van der Waals surface area contributed by atoms with Crippen molar-refractivity contribution in [2.45, 2.75) is 19.5 Å². The lowest BCUT2D eigenvalue weighted by Crippen LogP contribution is -2.22. The van der Waals surface area contributed by atoms with Gasteiger partial charge in [-0.05, 0) is 43.8 Å². The van der Waals surface area contributed by atoms with Gasteiger partial charge in [0, 0.05) is 17.6 Å². The van der Waals surface area contributed by atoms with Gasteiger partial charge >= 0.3 is 0 Å². The highest BCUT2D eigenvalue weighted by molar-refractivity contribution is 6.30. The van der Waals surface area contributed by atoms with Gasteiger partial charge in [-0.3, -0.25) is 4.90 Å². The molecule has 0 fully saturated rings. The summed E-state index contributed by atoms with van der Waals surface area (Å²) in [6.07, 6.45) is 0. The van der Waals surface area contributed by atoms with Gasteiger partial charge in [0.2, 0.25) is 0 Å². The molecule has 0 amide bonds. The highest BCUT2D eigenvalue weighted by atomic mass is 35.5. The highest BCUT2D eigenvalue weighted by Crippen LogP contribution is 2.23. The summed E-state index contributed by atoms with van der Waals surface area (Å²) in [5, 5.41) is 0.759. The summed E-state index contributed by atoms with van der Waals surface area (Å²) < 4.78 is 0. The Balaban J connectivity index is 2.09. The highest BCUT2D eigenvalue weighted by Gasteiger charge is 2.13. The molecule has 0 radical (unpaired) electrons. The summed E-state index contributed by atoms with van der Waals surface area (Å²) in [6, 6.07) is 14.0. The number of aromatic nitrogens is 1. The van der Waals surface area contributed by atoms with Crippen molar-refractivity contribution in [1.82, 2.24) is 9.88 Å². The molecule has 1 aromatic heterocycles. The summed E-state index contributed by atoms with van der Waals surface area (Å²) in [7, 11) is 2.07. The molecule has 1 aromatic carbocycles. The van der Waals surface area contributed by atoms with Crippen LogP contribution in [0.1, 0.15) is 24.2 Å². The zero-order valence-electron chi connectivity index (χ0n) is 11.7. The molecule has 5 heteroatoms. The lowest BCUT2D eigenvalue weighted by atomic mass is 10.1. The Bertz CT molecular complexity index is 573. The molecular formula is C15H19ClN4. The van der Waals surface area contributed by atoms with Gasteiger partial charge in [0.1, 0.15) is 5.82 Å². The van der Waals surface area contributed by atoms with Crippen molar-refractivity contribution in [3.8, 4) is 0 Å². The number of pyridine rings is 1. The first kappa shape index (κ1) is 14.8. The molecule has 0 bridgehead atoms. The Morgan fingerprint density at radius 2 is 2.05 bits per heavy atom. The maximum Gasteiger partial charge on any atom is 0.140 e. The van der Waals surface area contributed by atoms with E-state index in [1.54, 1.807) is 0 Å². The molecule has 106 valence electrons. The van der Waals surface area contributed by atoms with Gasteiger partial charge in [-0.2, -0.15) is 0 Å². The third-order valence-corrected chi connectivity index (χ3v) is 3.59. The van der Waals surface area contributed by atoms with Crippen molar-refractivity contribution >= 4 is 17.4 Å². The van der Waals surface area contributed by atoms with Crippen LogP contribution in [0.25, 0.3) is 0 Å². The van der Waals surface area contributed by atoms with Crippen molar-refractivity contribution in [3.05, 3.63) is 58.7 Å². The zero-order valence-corrected chi connectivity index (χ0v) is 12.4. The van der Waals surface area contributed by atoms with Gasteiger partial charge in [0.05, 0.1) is 5.69 Å². The fraction of sp³-hybridized carbons (Fsp3) is 0.267. The topological polar surface area (TPSA) is 54.2 Å². The molecule has 1 heterocycles. The summed E-state index contributed by atoms with van der Waals surface area (Å²) in [5.74, 6) is 6.05. The quantitative estimate of drug-likeness (QED) is 0.656. The Labute approximate surface area is 124 Å². The first-order valence-corrected chi connectivity index (χ1v) is 6.86. The van der Waals surface area contributed by atoms with Crippen molar-refractivity contribution in [3.63, 3.8) is 0 Å². The minimum Gasteiger partial charge on any atom is -0.308 e. The van der Waals surface area contributed by atoms with Crippen LogP contribution in [0.4, 0.5) is 5.82 Å². The van der Waals surface area contributed by atoms with Gasteiger partial charge < -0.3 is 5.43 Å². The summed E-state index contributed by atoms with van der Waals surface area (Å²) in [4.78, 5) is 6.64. The SMILES string of the molecule is CC(c1cccc(Cl)c1)N(C)Cc1cccc(NN)n1. The van der Waals surface area contributed by atoms with Gasteiger partial charge in [-0.1, -0.05) is 29.8 Å². The first-order valence-electron chi connectivity index (χ1n) is 6.48. The Kier molecular flexibility index (Phi) is 4.95. The molecule has 1 unspecified atom stereocenters. The van der Waals surface area contributed by atoms with Crippen LogP contribution in [0, 0.1) is 0 Å². The van der Waals surface area contributed by atoms with E-state index in [1.807, 2.05) is 36.4 Å². The lowest BCUT2D eigenvalue weighted by Gasteiger charge is -2.25. The molecule has 3 N–H and O–H groups in total. The largest absolute Gasteiger partial charge is 0.308 e. The van der Waals surface area contributed by atoms with E-state index in [2.05, 4.69) is 35.3 Å². The average molecular weight is 291 g/mol. The van der Waals surface area contributed by atoms with E-state index in [0.717, 1.165) is 17.3 Å². The average Bonchev–Trinajstić information content (AvgIpc) is 2.46. The smallest absolute Gasteiger partial charge is 0.140 e. The molecule has 0 aliphatic rings. The molecule has 1 atom stereocenters. The molecule has 0 aliphatic heterocycles. The maximum absolute atomic E-state index is 6.04. The number of hydrazine groups is 1. The number of nitrogens with one attached hydrogen (secondary N) is 1. The van der Waals surface area contributed by atoms with Gasteiger partial charge in [-0.15, -0.1) is 0 Å². The number of hydrogen-bond acceptors (Lipinski definition) is 4. The van der Waals surface area contributed by atoms with E-state index < -0.39 is 0 Å². The molecule has 2 aromatic rings. The second kappa shape index (κ2) is 6.70. The predicted octanol–water partition coefficient (Wildman–Crippen LogP) is 3.21. The summed E-state index contributed by atoms with van der Waals surface area (Å²) in [5.41, 5.74) is 4.72. The fourth-order valence-corrected chi connectivity index (χ4v) is 2.26. The second-order valence-corrected chi connectivity index (χ2v) is 5.24. The van der Waals surface area contributed by atoms with Crippen molar-refractivity contribution < 1.29 is 0 Å². The molecule has 0 saturated carbocycles. The van der Waals surface area contributed by atoms with Crippen LogP contribution < -0.4 is 11.3 Å². The number of rotatable bonds is 5. The summed E-state index contributed by atoms with van der Waals surface area (Å²) >= 11 is 6.04. The Morgan fingerprint density at radius 3 is 2.75 bits per heavy atom. The van der Waals surface area contributed by atoms with Gasteiger partial charge in [0.15, 0.2) is 0 Å². The van der Waals surface area contributed by atoms with Crippen LogP contribution in [-0.2, 0) is 6.54 Å². The number of nitrogens with zero attached hydrogens (tertiary/aromatic N) is 2. The van der Waals surface area contributed by atoms with E-state index in [1.165, 1.54) is 5.56 Å². The standard InChI is InChI=1S/C15H19ClN4/c1-11(12-5-3-6-13(16)9-12)20(2)10-14-7-4-8-15(18-14)19-17/h3-9,11H,10,17H2,1-2H3,(H,18,19). The third kappa shape index (κ3) is 3.70. The molecule has 0 aliphatic carbocycles. The van der Waals surface area contributed by atoms with Crippen LogP contribution in [0.15, 0.2) is 42.5 Å². The van der Waals surface area contributed by atoms with E-state index in [0.29, 0.717) is 5.82 Å². The minimum absolute atomic E-state index is 0.255. The number of nitrogens with two attached hydrogens (primary N) is 1. The van der Waals surface area contributed by atoms with Crippen molar-refractivity contribution in [2.24, 2.45) is 5.84 Å². The molecule has 0 saturated heterocycles. The minimum atomic E-state index is 0.255. The van der Waals surface area contributed by atoms with Gasteiger partial charge in [0.25, 0.3) is 0 Å². The second-order valence-electron chi connectivity index (χ2n) is 4.80. The normalized spacial score (nSPS) is 12.4. The lowest BCUT2D eigenvalue weighted by molar-refractivity contribution is 0.250. The molecule has 20 heavy (non-hydrogen) atoms. The molecule has 2 rings (SSSR count). The van der Waals surface area contributed by atoms with Crippen molar-refractivity contribution in [2.75, 3.05) is 12.5 Å². The first-order chi connectivity index (χ1) is 9.60. The van der Waals surface area contributed by atoms with E-state index in [-0.39, 0.29) is 6.04 Å². The van der Waals surface area contributed by atoms with Crippen LogP contribution in [-0.4, -0.2) is 16.9 Å². The molecule has 0 spiro atoms. The number of anilines is 1. The van der Waals surface area contributed by atoms with E-state index in [9.17, 15) is 0 Å². The molecular weight excluding hydrogens is 272 g/mol. The third-order valence-electron chi connectivity index (χ3n) is 3.36. The Morgan fingerprint density at radius 1 is 1.30 bits per heavy atom. The van der Waals surface area contributed by atoms with E-state index in [4.69, 9.17) is 17.4 Å². The predicted molar refractivity (Wildman–Crippen MR) is 83.4 cm³/mol. The molecule has 4 nitrogen and oxygen atoms in total. The van der Waals surface area contributed by atoms with Gasteiger partial charge in [-0.25, -0.2) is 10.8 Å². The monoisotopic (exact) mass is 290 g/mol. The van der Waals surface area contributed by atoms with Crippen LogP contribution >= 0.6 is 11.6 Å². The Hall–Kier alpha value is -1.62. The number of nitrogen functional groups attached to an aromatic ring is 1. The van der Waals surface area contributed by atoms with E-state index >= 15 is 0 Å². The zero-order chi connectivity index (χ0) is 14.5. The number of benzene rings is 1. The maximum atomic E-state index is 6.04. The van der Waals surface area contributed by atoms with Crippen LogP contribution in [0.2, 0.25) is 5.02 Å². The van der Waals surface area contributed by atoms with Crippen LogP contribution in [0.5, 0.6) is 0 Å². The summed E-state index contributed by atoms with van der Waals surface area (Å²) in [6.45, 7) is 2.89. The number of halogens is 1.